The summed E-state index contributed by atoms with van der Waals surface area (Å²) < 4.78 is 6.08. The van der Waals surface area contributed by atoms with E-state index >= 15 is 0 Å². The number of carboxylic acid groups (broad SMARTS) is 4. The van der Waals surface area contributed by atoms with Crippen molar-refractivity contribution in [3.63, 3.8) is 0 Å². The van der Waals surface area contributed by atoms with Crippen molar-refractivity contribution in [2.24, 2.45) is 11.7 Å². The molecule has 13 N–H and O–H groups in total. The Bertz CT molecular complexity index is 2340. The summed E-state index contributed by atoms with van der Waals surface area (Å²) in [6.07, 6.45) is -2.90. The molecule has 0 fully saturated rings. The number of nitrogen functional groups attached to an aromatic ring is 1. The summed E-state index contributed by atoms with van der Waals surface area (Å²) in [6.45, 7) is 3.04. The molecule has 0 saturated carbocycles. The van der Waals surface area contributed by atoms with Gasteiger partial charge in [0.25, 0.3) is 0 Å². The number of carbonyl (C=O) groups excluding carboxylic acids is 4. The number of rotatable bonds is 17. The highest BCUT2D eigenvalue weighted by Gasteiger charge is 2.34. The number of carboxylic acids is 4. The number of aromatic carboxylic acids is 1. The Balaban J connectivity index is 0.00000930. The molecule has 2 aliphatic rings. The van der Waals surface area contributed by atoms with Gasteiger partial charge in [-0.05, 0) is 36.6 Å². The highest BCUT2D eigenvalue weighted by Crippen LogP contribution is 2.43. The lowest BCUT2D eigenvalue weighted by Crippen LogP contribution is -3.00. The van der Waals surface area contributed by atoms with E-state index in [1.807, 2.05) is 0 Å². The van der Waals surface area contributed by atoms with Crippen LogP contribution in [0.3, 0.4) is 0 Å². The van der Waals surface area contributed by atoms with Crippen LogP contribution in [0.2, 0.25) is 0 Å². The van der Waals surface area contributed by atoms with Gasteiger partial charge in [-0.2, -0.15) is 4.99 Å². The van der Waals surface area contributed by atoms with Crippen molar-refractivity contribution in [3.05, 3.63) is 65.5 Å². The van der Waals surface area contributed by atoms with Gasteiger partial charge >= 0.3 is 29.8 Å². The van der Waals surface area contributed by atoms with Gasteiger partial charge in [0.1, 0.15) is 34.7 Å². The van der Waals surface area contributed by atoms with Gasteiger partial charge in [-0.15, -0.1) is 0 Å². The average Bonchev–Trinajstić information content (AvgIpc) is 3.12. The van der Waals surface area contributed by atoms with E-state index in [1.165, 1.54) is 56.3 Å². The fourth-order valence-electron chi connectivity index (χ4n) is 6.01. The lowest BCUT2D eigenvalue weighted by molar-refractivity contribution is -0.419. The highest BCUT2D eigenvalue weighted by molar-refractivity contribution is 6.09. The van der Waals surface area contributed by atoms with Crippen LogP contribution in [0.25, 0.3) is 33.4 Å². The number of hydrogen-bond donors (Lipinski definition) is 11. The van der Waals surface area contributed by atoms with Crippen LogP contribution in [-0.2, 0) is 33.6 Å². The monoisotopic (exact) mass is 840 g/mol. The zero-order valence-electron chi connectivity index (χ0n) is 31.4. The van der Waals surface area contributed by atoms with Crippen LogP contribution in [0, 0.1) is 5.92 Å². The maximum Gasteiger partial charge on any atom is 0.408 e. The third-order valence-electron chi connectivity index (χ3n) is 8.81. The van der Waals surface area contributed by atoms with Gasteiger partial charge in [-0.3, -0.25) is 28.8 Å². The molecule has 59 heavy (non-hydrogen) atoms. The summed E-state index contributed by atoms with van der Waals surface area (Å²) >= 11 is 0. The Labute approximate surface area is 340 Å². The Morgan fingerprint density at radius 1 is 0.763 bits per heavy atom. The Morgan fingerprint density at radius 2 is 1.42 bits per heavy atom. The lowest BCUT2D eigenvalue weighted by atomic mass is 9.90. The topological polar surface area (TPSA) is 353 Å². The standard InChI is InChI=1S/C38H40N6O14.ClH/c1-16(2)33(44-34(52)22(40)14-29(48)49)37(55)42-23(10-11-28(46)47)35(53)43-24(15-30(50)51)36(54)41-18-7-9-20-27(13-18)58-26-12-17(39)6-8-19(26)31(20)21-4-3-5-25(45)32(21)38(56)57;/h3-9,12-13,16,22-24,33,45H,10-11,14-15,39-40H2,1-2H3,(H,42,55)(H,43,53)(H,44,52)(H,46,47)(H,48,49)(H,50,51)(H,56,57);1H. The number of halogens is 1. The first-order valence-electron chi connectivity index (χ1n) is 17.5. The van der Waals surface area contributed by atoms with Gasteiger partial charge in [-0.25, -0.2) is 9.59 Å². The minimum absolute atomic E-state index is 0. The first-order chi connectivity index (χ1) is 27.3. The maximum absolute atomic E-state index is 13.6. The molecule has 0 bridgehead atoms. The van der Waals surface area contributed by atoms with Crippen molar-refractivity contribution >= 4 is 64.2 Å². The first kappa shape index (κ1) is 46.3. The second-order valence-corrected chi connectivity index (χ2v) is 13.5. The highest BCUT2D eigenvalue weighted by atomic mass is 35.5. The van der Waals surface area contributed by atoms with Crippen LogP contribution in [0.1, 0.15) is 49.9 Å². The number of phenols is 1. The van der Waals surface area contributed by atoms with Gasteiger partial charge in [0, 0.05) is 46.3 Å². The molecule has 1 heterocycles. The van der Waals surface area contributed by atoms with Crippen LogP contribution >= 0.6 is 0 Å². The zero-order chi connectivity index (χ0) is 43.0. The maximum atomic E-state index is 13.6. The lowest BCUT2D eigenvalue weighted by Gasteiger charge is -2.26. The molecule has 4 amide bonds. The SMILES string of the molecule is CC(C)C(NC(=O)C(N)CC(=O)O)C(=O)NC(CCC(=O)O)C(=O)NC(CC(=O)O)C(=O)[NH+]=c1ccc2c(-c3cccc(O)c3C(=O)O)c3ccc(N)cc3oc-2c1.[Cl-]. The summed E-state index contributed by atoms with van der Waals surface area (Å²) in [5, 5.41) is 55.6. The van der Waals surface area contributed by atoms with E-state index in [1.54, 1.807) is 12.1 Å². The molecule has 314 valence electrons. The third kappa shape index (κ3) is 11.7. The Kier molecular flexibility index (Phi) is 15.6. The molecule has 0 aromatic heterocycles. The molecular weight excluding hydrogens is 800 g/mol. The predicted octanol–water partition coefficient (Wildman–Crippen LogP) is -4.05. The molecular formula is C38H41ClN6O14. The molecule has 4 rings (SSSR count). The number of nitrogens with one attached hydrogen (secondary N) is 4. The van der Waals surface area contributed by atoms with Gasteiger partial charge in [0.2, 0.25) is 23.1 Å². The number of hydrogen-bond acceptors (Lipinski definition) is 12. The number of aliphatic carboxylic acids is 3. The van der Waals surface area contributed by atoms with E-state index in [0.29, 0.717) is 22.2 Å². The van der Waals surface area contributed by atoms with Gasteiger partial charge in [-0.1, -0.05) is 26.0 Å². The minimum atomic E-state index is -1.80. The van der Waals surface area contributed by atoms with Crippen molar-refractivity contribution < 1.29 is 85.7 Å². The number of amides is 4. The number of carbonyl (C=O) groups is 8. The summed E-state index contributed by atoms with van der Waals surface area (Å²) in [6, 6.07) is 6.70. The summed E-state index contributed by atoms with van der Waals surface area (Å²) in [4.78, 5) is 102. The summed E-state index contributed by atoms with van der Waals surface area (Å²) in [5.74, 6) is -10.9. The number of fused-ring (bicyclic) bond motifs is 2. The molecule has 4 unspecified atom stereocenters. The van der Waals surface area contributed by atoms with E-state index in [-0.39, 0.29) is 40.2 Å². The molecule has 20 nitrogen and oxygen atoms in total. The van der Waals surface area contributed by atoms with Crippen LogP contribution in [0.5, 0.6) is 5.75 Å². The zero-order valence-corrected chi connectivity index (χ0v) is 32.1. The largest absolute Gasteiger partial charge is 1.00 e. The van der Waals surface area contributed by atoms with E-state index in [9.17, 15) is 58.8 Å². The Hall–Kier alpha value is -7.06. The fraction of sp³-hybridized carbons (Fsp3) is 0.289. The fourth-order valence-corrected chi connectivity index (χ4v) is 6.01. The van der Waals surface area contributed by atoms with Crippen LogP contribution in [-0.4, -0.2) is 97.2 Å². The number of anilines is 1. The van der Waals surface area contributed by atoms with Crippen LogP contribution in [0.4, 0.5) is 5.69 Å². The first-order valence-corrected chi connectivity index (χ1v) is 17.5. The molecule has 0 spiro atoms. The molecule has 21 heteroatoms. The average molecular weight is 841 g/mol. The number of aromatic hydroxyl groups is 1. The van der Waals surface area contributed by atoms with E-state index in [2.05, 4.69) is 20.9 Å². The van der Waals surface area contributed by atoms with Crippen LogP contribution < -0.4 is 50.2 Å². The number of nitrogens with two attached hydrogens (primary N) is 2. The van der Waals surface area contributed by atoms with E-state index in [0.717, 1.165) is 0 Å². The molecule has 1 aliphatic carbocycles. The second kappa shape index (κ2) is 19.9. The summed E-state index contributed by atoms with van der Waals surface area (Å²) in [5.41, 5.74) is 12.5. The van der Waals surface area contributed by atoms with Crippen molar-refractivity contribution in [2.75, 3.05) is 5.73 Å². The third-order valence-corrected chi connectivity index (χ3v) is 8.81. The van der Waals surface area contributed by atoms with Crippen molar-refractivity contribution in [3.8, 4) is 28.2 Å². The second-order valence-electron chi connectivity index (χ2n) is 13.5. The smallest absolute Gasteiger partial charge is 0.408 e. The minimum Gasteiger partial charge on any atom is -1.00 e. The quantitative estimate of drug-likeness (QED) is 0.0356. The molecule has 1 aliphatic heterocycles. The molecule has 0 saturated heterocycles. The molecule has 2 aromatic carbocycles. The normalized spacial score (nSPS) is 13.4. The molecule has 0 radical (unpaired) electrons. The Morgan fingerprint density at radius 3 is 2.03 bits per heavy atom. The van der Waals surface area contributed by atoms with E-state index < -0.39 is 109 Å². The molecule has 2 aromatic rings. The number of benzene rings is 3. The van der Waals surface area contributed by atoms with Crippen molar-refractivity contribution in [1.29, 1.82) is 0 Å². The van der Waals surface area contributed by atoms with Crippen molar-refractivity contribution in [1.82, 2.24) is 16.0 Å². The van der Waals surface area contributed by atoms with Gasteiger partial charge in [0.05, 0.1) is 24.9 Å². The van der Waals surface area contributed by atoms with Gasteiger partial charge in [0.15, 0.2) is 6.04 Å². The molecule has 4 atom stereocenters. The predicted molar refractivity (Wildman–Crippen MR) is 200 cm³/mol. The van der Waals surface area contributed by atoms with Crippen LogP contribution in [0.15, 0.2) is 59.0 Å². The van der Waals surface area contributed by atoms with E-state index in [4.69, 9.17) is 21.0 Å². The van der Waals surface area contributed by atoms with Crippen molar-refractivity contribution in [2.45, 2.75) is 63.7 Å². The van der Waals surface area contributed by atoms with Gasteiger partial charge < -0.3 is 69.8 Å². The summed E-state index contributed by atoms with van der Waals surface area (Å²) in [7, 11) is 0.